The van der Waals surface area contributed by atoms with Gasteiger partial charge < -0.3 is 0 Å². The van der Waals surface area contributed by atoms with Crippen molar-refractivity contribution in [1.82, 2.24) is 0 Å². The summed E-state index contributed by atoms with van der Waals surface area (Å²) in [5.41, 5.74) is 0.665. The van der Waals surface area contributed by atoms with Crippen molar-refractivity contribution < 1.29 is 12.3 Å². The van der Waals surface area contributed by atoms with Crippen molar-refractivity contribution in [2.45, 2.75) is 13.8 Å². The van der Waals surface area contributed by atoms with Crippen LogP contribution in [0, 0.1) is 11.8 Å². The molecule has 2 aromatic carbocycles. The highest BCUT2D eigenvalue weighted by Crippen LogP contribution is 2.21. The molecule has 0 bridgehead atoms. The van der Waals surface area contributed by atoms with Gasteiger partial charge in [-0.1, -0.05) is 74.5 Å². The first-order chi connectivity index (χ1) is 10.3. The normalized spacial score (nSPS) is 18.1. The third-order valence-corrected chi connectivity index (χ3v) is 3.32. The number of carbonyl (C=O) groups is 2. The summed E-state index contributed by atoms with van der Waals surface area (Å²) in [4.78, 5) is 25.2. The van der Waals surface area contributed by atoms with Gasteiger partial charge in [-0.05, 0) is 0 Å². The molecular formula is C18H18O2. The van der Waals surface area contributed by atoms with Crippen LogP contribution in [0.1, 0.15) is 37.3 Å². The number of hydrogen-bond donors (Lipinski definition) is 0. The minimum absolute atomic E-state index is 0.333. The fourth-order valence-electron chi connectivity index (χ4n) is 1.95. The second kappa shape index (κ2) is 6.29. The predicted octanol–water partition coefficient (Wildman–Crippen LogP) is 4.02. The summed E-state index contributed by atoms with van der Waals surface area (Å²) >= 11 is 0. The van der Waals surface area contributed by atoms with E-state index in [-0.39, 0.29) is 0 Å². The summed E-state index contributed by atoms with van der Waals surface area (Å²) in [5, 5.41) is 0. The van der Waals surface area contributed by atoms with Crippen molar-refractivity contribution in [3.8, 4) is 0 Å². The fraction of sp³-hybridized carbons (Fsp3) is 0.222. The number of rotatable bonds is 5. The first-order valence-electron chi connectivity index (χ1n) is 7.48. The Kier molecular flexibility index (Phi) is 3.64. The Labute approximate surface area is 122 Å². The van der Waals surface area contributed by atoms with E-state index in [0.717, 1.165) is 0 Å². The maximum Gasteiger partial charge on any atom is 0.166 e. The van der Waals surface area contributed by atoms with E-state index in [1.807, 2.05) is 0 Å². The molecule has 0 heterocycles. The Morgan fingerprint density at radius 3 is 1.35 bits per heavy atom. The molecule has 0 saturated heterocycles. The van der Waals surface area contributed by atoms with E-state index in [1.165, 1.54) is 13.8 Å². The van der Waals surface area contributed by atoms with Crippen LogP contribution in [0.4, 0.5) is 0 Å². The smallest absolute Gasteiger partial charge is 0.166 e. The molecule has 20 heavy (non-hydrogen) atoms. The summed E-state index contributed by atoms with van der Waals surface area (Å²) in [6.45, 7) is 2.66. The lowest BCUT2D eigenvalue weighted by Gasteiger charge is -2.18. The molecule has 0 amide bonds. The van der Waals surface area contributed by atoms with Gasteiger partial charge in [0.1, 0.15) is 0 Å². The van der Waals surface area contributed by atoms with Gasteiger partial charge in [-0.3, -0.25) is 9.59 Å². The van der Waals surface area contributed by atoms with Crippen LogP contribution >= 0.6 is 0 Å². The van der Waals surface area contributed by atoms with Crippen LogP contribution in [0.5, 0.6) is 0 Å². The van der Waals surface area contributed by atoms with Crippen LogP contribution in [0.2, 0.25) is 0 Å². The van der Waals surface area contributed by atoms with Gasteiger partial charge in [0.2, 0.25) is 0 Å². The van der Waals surface area contributed by atoms with E-state index < -0.39 is 23.4 Å². The van der Waals surface area contributed by atoms with Crippen LogP contribution in [0.3, 0.4) is 0 Å². The molecule has 2 aromatic rings. The highest BCUT2D eigenvalue weighted by molar-refractivity contribution is 6.04. The van der Waals surface area contributed by atoms with Gasteiger partial charge >= 0.3 is 0 Å². The Balaban J connectivity index is 2.38. The molecule has 2 heteroatoms. The van der Waals surface area contributed by atoms with Gasteiger partial charge in [0.25, 0.3) is 0 Å². The molecular weight excluding hydrogens is 248 g/mol. The summed E-state index contributed by atoms with van der Waals surface area (Å²) in [6.07, 6.45) is 0. The molecule has 0 fully saturated rings. The van der Waals surface area contributed by atoms with Gasteiger partial charge in [0.05, 0.1) is 0 Å². The van der Waals surface area contributed by atoms with Gasteiger partial charge in [-0.2, -0.15) is 0 Å². The van der Waals surface area contributed by atoms with E-state index in [9.17, 15) is 9.59 Å². The first kappa shape index (κ1) is 11.6. The minimum atomic E-state index is -1.89. The van der Waals surface area contributed by atoms with E-state index in [1.54, 1.807) is 60.7 Å². The molecule has 0 N–H and O–H groups in total. The maximum atomic E-state index is 12.6. The largest absolute Gasteiger partial charge is 0.294 e. The lowest BCUT2D eigenvalue weighted by atomic mass is 9.83. The van der Waals surface area contributed by atoms with Crippen molar-refractivity contribution in [1.29, 1.82) is 0 Å². The number of hydrogen-bond acceptors (Lipinski definition) is 2. The first-order valence-corrected chi connectivity index (χ1v) is 6.48. The van der Waals surface area contributed by atoms with Crippen molar-refractivity contribution in [2.75, 3.05) is 0 Å². The third-order valence-electron chi connectivity index (χ3n) is 3.32. The molecule has 2 atom stereocenters. The summed E-state index contributed by atoms with van der Waals surface area (Å²) < 4.78 is 16.8. The average molecular weight is 268 g/mol. The summed E-state index contributed by atoms with van der Waals surface area (Å²) in [7, 11) is 0. The van der Waals surface area contributed by atoms with Crippen molar-refractivity contribution in [3.05, 3.63) is 71.8 Å². The van der Waals surface area contributed by atoms with E-state index in [2.05, 4.69) is 0 Å². The van der Waals surface area contributed by atoms with Crippen LogP contribution in [0.25, 0.3) is 0 Å². The highest BCUT2D eigenvalue weighted by Gasteiger charge is 2.27. The number of benzene rings is 2. The molecule has 0 unspecified atom stereocenters. The van der Waals surface area contributed by atoms with Gasteiger partial charge in [-0.15, -0.1) is 0 Å². The summed E-state index contributed by atoms with van der Waals surface area (Å²) in [5.74, 6) is -4.84. The van der Waals surface area contributed by atoms with Crippen LogP contribution < -0.4 is 0 Å². The van der Waals surface area contributed by atoms with Gasteiger partial charge in [0, 0.05) is 25.7 Å². The zero-order valence-electron chi connectivity index (χ0n) is 13.6. The standard InChI is InChI=1S/C18H18O2/c1-13(17(19)15-9-5-3-6-10-15)14(2)18(20)16-11-7-4-8-12-16/h3-14H,1-2H3/t13-,14+/i13D,14D. The van der Waals surface area contributed by atoms with Gasteiger partial charge in [0.15, 0.2) is 11.6 Å². The SMILES string of the molecule is [2H][C@](C)(C(=O)c1ccccc1)[C@]([2H])(C)C(=O)c1ccccc1. The van der Waals surface area contributed by atoms with Crippen molar-refractivity contribution in [2.24, 2.45) is 11.8 Å². The van der Waals surface area contributed by atoms with Crippen LogP contribution in [0.15, 0.2) is 60.7 Å². The quantitative estimate of drug-likeness (QED) is 0.767. The minimum Gasteiger partial charge on any atom is -0.294 e. The Hall–Kier alpha value is -2.22. The Morgan fingerprint density at radius 2 is 1.05 bits per heavy atom. The van der Waals surface area contributed by atoms with Crippen LogP contribution in [-0.4, -0.2) is 11.6 Å². The molecule has 0 saturated carbocycles. The molecule has 0 aromatic heterocycles. The molecule has 102 valence electrons. The number of ketones is 2. The number of carbonyl (C=O) groups excluding carboxylic acids is 2. The average Bonchev–Trinajstić information content (AvgIpc) is 2.54. The molecule has 2 rings (SSSR count). The topological polar surface area (TPSA) is 34.1 Å². The second-order valence-electron chi connectivity index (χ2n) is 4.64. The van der Waals surface area contributed by atoms with E-state index in [0.29, 0.717) is 11.1 Å². The lowest BCUT2D eigenvalue weighted by Crippen LogP contribution is -2.25. The predicted molar refractivity (Wildman–Crippen MR) is 79.9 cm³/mol. The summed E-state index contributed by atoms with van der Waals surface area (Å²) in [6, 6.07) is 16.7. The van der Waals surface area contributed by atoms with Gasteiger partial charge in [-0.25, -0.2) is 0 Å². The monoisotopic (exact) mass is 268 g/mol. The molecule has 0 radical (unpaired) electrons. The second-order valence-corrected chi connectivity index (χ2v) is 4.64. The Bertz CT molecular complexity index is 615. The molecule has 0 aliphatic carbocycles. The van der Waals surface area contributed by atoms with Crippen molar-refractivity contribution >= 4 is 11.6 Å². The Morgan fingerprint density at radius 1 is 0.750 bits per heavy atom. The lowest BCUT2D eigenvalue weighted by molar-refractivity contribution is 0.0794. The zero-order chi connectivity index (χ0) is 16.4. The fourth-order valence-corrected chi connectivity index (χ4v) is 1.95. The van der Waals surface area contributed by atoms with E-state index in [4.69, 9.17) is 2.74 Å². The highest BCUT2D eigenvalue weighted by atomic mass is 16.1. The zero-order valence-corrected chi connectivity index (χ0v) is 11.6. The number of Topliss-reactive ketones (excluding diaryl/α,β-unsaturated/α-hetero) is 2. The van der Waals surface area contributed by atoms with Crippen LogP contribution in [-0.2, 0) is 0 Å². The molecule has 0 aliphatic heterocycles. The maximum absolute atomic E-state index is 12.6. The molecule has 0 aliphatic rings. The molecule has 2 nitrogen and oxygen atoms in total. The third kappa shape index (κ3) is 3.02. The van der Waals surface area contributed by atoms with E-state index >= 15 is 0 Å². The molecule has 0 spiro atoms. The van der Waals surface area contributed by atoms with Crippen molar-refractivity contribution in [3.63, 3.8) is 0 Å².